The van der Waals surface area contributed by atoms with Gasteiger partial charge < -0.3 is 5.32 Å². The van der Waals surface area contributed by atoms with E-state index in [0.717, 1.165) is 0 Å². The third kappa shape index (κ3) is 1.01. The topological polar surface area (TPSA) is 12.0 Å². The second-order valence-corrected chi connectivity index (χ2v) is 1.74. The van der Waals surface area contributed by atoms with Gasteiger partial charge in [-0.3, -0.25) is 0 Å². The van der Waals surface area contributed by atoms with E-state index in [-0.39, 0.29) is 5.03 Å². The molecule has 0 aromatic rings. The molecule has 0 spiro atoms. The molecule has 0 saturated heterocycles. The van der Waals surface area contributed by atoms with Crippen molar-refractivity contribution in [1.82, 2.24) is 5.32 Å². The van der Waals surface area contributed by atoms with Crippen molar-refractivity contribution >= 4 is 11.6 Å². The van der Waals surface area contributed by atoms with Crippen LogP contribution in [0.1, 0.15) is 0 Å². The van der Waals surface area contributed by atoms with E-state index in [4.69, 9.17) is 11.6 Å². The minimum absolute atomic E-state index is 0.118. The van der Waals surface area contributed by atoms with Crippen LogP contribution in [0.2, 0.25) is 0 Å². The molecule has 0 fully saturated rings. The maximum atomic E-state index is 12.1. The second-order valence-electron chi connectivity index (χ2n) is 1.33. The summed E-state index contributed by atoms with van der Waals surface area (Å²) in [6.07, 6.45) is 4.09. The number of dihydropyridines is 1. The predicted octanol–water partition coefficient (Wildman–Crippen LogP) is 1.68. The van der Waals surface area contributed by atoms with Crippen molar-refractivity contribution in [3.05, 3.63) is 29.7 Å². The van der Waals surface area contributed by atoms with Crippen LogP contribution in [-0.2, 0) is 0 Å². The summed E-state index contributed by atoms with van der Waals surface area (Å²) in [4.78, 5) is 0. The van der Waals surface area contributed by atoms with Gasteiger partial charge in [0.1, 0.15) is 0 Å². The molecule has 0 aromatic carbocycles. The smallest absolute Gasteiger partial charge is 0.274 e. The summed E-state index contributed by atoms with van der Waals surface area (Å²) in [5, 5.41) is 2.42. The second kappa shape index (κ2) is 2.18. The van der Waals surface area contributed by atoms with Crippen LogP contribution in [0.3, 0.4) is 0 Å². The van der Waals surface area contributed by atoms with E-state index in [0.29, 0.717) is 0 Å². The van der Waals surface area contributed by atoms with Crippen molar-refractivity contribution in [3.8, 4) is 0 Å². The van der Waals surface area contributed by atoms with Crippen LogP contribution in [0.25, 0.3) is 0 Å². The van der Waals surface area contributed by atoms with E-state index in [9.17, 15) is 4.39 Å². The quantitative estimate of drug-likeness (QED) is 0.495. The number of hydrogen-bond acceptors (Lipinski definition) is 1. The Morgan fingerprint density at radius 2 is 2.38 bits per heavy atom. The highest BCUT2D eigenvalue weighted by atomic mass is 35.5. The predicted molar refractivity (Wildman–Crippen MR) is 30.6 cm³/mol. The zero-order valence-corrected chi connectivity index (χ0v) is 4.74. The Labute approximate surface area is 51.8 Å². The van der Waals surface area contributed by atoms with Gasteiger partial charge in [0, 0.05) is 0 Å². The lowest BCUT2D eigenvalue weighted by molar-refractivity contribution is 0.489. The molecule has 1 aliphatic heterocycles. The molecular weight excluding hydrogens is 129 g/mol. The summed E-state index contributed by atoms with van der Waals surface area (Å²) < 4.78 is 12.1. The average Bonchev–Trinajstić information content (AvgIpc) is 1.77. The van der Waals surface area contributed by atoms with Gasteiger partial charge in [0.25, 0.3) is 6.30 Å². The maximum absolute atomic E-state index is 12.1. The van der Waals surface area contributed by atoms with Crippen LogP contribution in [0.15, 0.2) is 23.4 Å². The molecule has 0 aliphatic carbocycles. The van der Waals surface area contributed by atoms with Gasteiger partial charge in [-0.1, -0.05) is 11.6 Å². The van der Waals surface area contributed by atoms with Crippen LogP contribution in [-0.4, -0.2) is 0 Å². The summed E-state index contributed by atoms with van der Waals surface area (Å²) >= 11 is 5.30. The van der Waals surface area contributed by atoms with Gasteiger partial charge in [0.15, 0.2) is 0 Å². The molecule has 3 heteroatoms. The molecule has 8 heavy (non-hydrogen) atoms. The molecule has 0 amide bonds. The highest BCUT2D eigenvalue weighted by Crippen LogP contribution is 2.18. The summed E-state index contributed by atoms with van der Waals surface area (Å²) in [6.45, 7) is 0. The maximum Gasteiger partial charge on any atom is 0.274 e. The molecule has 0 bridgehead atoms. The fourth-order valence-electron chi connectivity index (χ4n) is 0.396. The van der Waals surface area contributed by atoms with Crippen molar-refractivity contribution in [2.45, 2.75) is 0 Å². The SMILES string of the molecule is F[C]1NC=CC=C1Cl. The highest BCUT2D eigenvalue weighted by Gasteiger charge is 2.10. The minimum Gasteiger partial charge on any atom is -0.351 e. The van der Waals surface area contributed by atoms with Crippen molar-refractivity contribution in [1.29, 1.82) is 0 Å². The van der Waals surface area contributed by atoms with Crippen LogP contribution >= 0.6 is 11.6 Å². The Hall–Kier alpha value is -0.500. The zero-order valence-electron chi connectivity index (χ0n) is 3.99. The van der Waals surface area contributed by atoms with E-state index < -0.39 is 6.30 Å². The highest BCUT2D eigenvalue weighted by molar-refractivity contribution is 6.31. The summed E-state index contributed by atoms with van der Waals surface area (Å²) in [6, 6.07) is 0. The largest absolute Gasteiger partial charge is 0.351 e. The first-order valence-corrected chi connectivity index (χ1v) is 2.50. The minimum atomic E-state index is -0.492. The van der Waals surface area contributed by atoms with Gasteiger partial charge in [0.2, 0.25) is 0 Å². The Morgan fingerprint density at radius 3 is 2.75 bits per heavy atom. The monoisotopic (exact) mass is 132 g/mol. The summed E-state index contributed by atoms with van der Waals surface area (Å²) in [7, 11) is 0. The molecule has 0 unspecified atom stereocenters. The van der Waals surface area contributed by atoms with Crippen LogP contribution in [0, 0.1) is 6.30 Å². The van der Waals surface area contributed by atoms with Gasteiger partial charge in [-0.25, -0.2) is 4.39 Å². The molecule has 43 valence electrons. The lowest BCUT2D eigenvalue weighted by Crippen LogP contribution is -2.11. The lowest BCUT2D eigenvalue weighted by atomic mass is 10.4. The number of hydrogen-bond donors (Lipinski definition) is 1. The van der Waals surface area contributed by atoms with Gasteiger partial charge >= 0.3 is 0 Å². The van der Waals surface area contributed by atoms with Crippen LogP contribution in [0.5, 0.6) is 0 Å². The van der Waals surface area contributed by atoms with E-state index in [1.54, 1.807) is 6.08 Å². The first-order chi connectivity index (χ1) is 3.80. The molecule has 1 aliphatic rings. The Kier molecular flexibility index (Phi) is 1.53. The summed E-state index contributed by atoms with van der Waals surface area (Å²) in [5.41, 5.74) is 0. The molecule has 1 nitrogen and oxygen atoms in total. The number of rotatable bonds is 0. The fourth-order valence-corrected chi connectivity index (χ4v) is 0.523. The fraction of sp³-hybridized carbons (Fsp3) is 0. The van der Waals surface area contributed by atoms with Crippen molar-refractivity contribution in [2.24, 2.45) is 0 Å². The van der Waals surface area contributed by atoms with Crippen molar-refractivity contribution in [3.63, 3.8) is 0 Å². The van der Waals surface area contributed by atoms with Gasteiger partial charge in [-0.15, -0.1) is 0 Å². The van der Waals surface area contributed by atoms with Gasteiger partial charge in [-0.05, 0) is 18.4 Å². The molecular formula is C5H4ClFN. The zero-order chi connectivity index (χ0) is 5.98. The Morgan fingerprint density at radius 1 is 1.62 bits per heavy atom. The van der Waals surface area contributed by atoms with Gasteiger partial charge in [0.05, 0.1) is 5.03 Å². The molecule has 0 saturated carbocycles. The van der Waals surface area contributed by atoms with Crippen LogP contribution < -0.4 is 5.32 Å². The van der Waals surface area contributed by atoms with Crippen LogP contribution in [0.4, 0.5) is 4.39 Å². The Balaban J connectivity index is 2.66. The van der Waals surface area contributed by atoms with E-state index >= 15 is 0 Å². The third-order valence-corrected chi connectivity index (χ3v) is 1.05. The summed E-state index contributed by atoms with van der Waals surface area (Å²) in [5.74, 6) is 0. The van der Waals surface area contributed by atoms with Crippen molar-refractivity contribution in [2.75, 3.05) is 0 Å². The molecule has 1 N–H and O–H groups in total. The average molecular weight is 133 g/mol. The van der Waals surface area contributed by atoms with E-state index in [2.05, 4.69) is 5.32 Å². The van der Waals surface area contributed by atoms with Crippen molar-refractivity contribution < 1.29 is 4.39 Å². The first kappa shape index (κ1) is 5.63. The third-order valence-electron chi connectivity index (χ3n) is 0.759. The number of nitrogens with one attached hydrogen (secondary N) is 1. The number of halogens is 2. The Bertz CT molecular complexity index is 141. The lowest BCUT2D eigenvalue weighted by Gasteiger charge is -2.06. The molecule has 0 atom stereocenters. The molecule has 0 aromatic heterocycles. The molecule has 1 heterocycles. The number of allylic oxidation sites excluding steroid dienone is 2. The molecule has 1 rings (SSSR count). The standard InChI is InChI=1S/C5H4ClFN/c6-4-2-1-3-8-5(4)7/h1-3,8H. The molecule has 1 radical (unpaired) electrons. The van der Waals surface area contributed by atoms with E-state index in [1.807, 2.05) is 0 Å². The normalized spacial score (nSPS) is 20.0. The van der Waals surface area contributed by atoms with Gasteiger partial charge in [-0.2, -0.15) is 0 Å². The first-order valence-electron chi connectivity index (χ1n) is 2.12. The van der Waals surface area contributed by atoms with E-state index in [1.165, 1.54) is 12.3 Å².